The SMILES string of the molecule is CSc1ccc(-n2c(-c3cccc(C)c3)cnc2C(F)(F)F)cc1. The first-order valence-electron chi connectivity index (χ1n) is 7.26. The van der Waals surface area contributed by atoms with Gasteiger partial charge in [-0.2, -0.15) is 13.2 Å². The molecule has 3 aromatic rings. The van der Waals surface area contributed by atoms with Gasteiger partial charge in [0.25, 0.3) is 0 Å². The van der Waals surface area contributed by atoms with Gasteiger partial charge in [0.1, 0.15) is 0 Å². The van der Waals surface area contributed by atoms with Crippen LogP contribution in [-0.2, 0) is 6.18 Å². The van der Waals surface area contributed by atoms with Crippen LogP contribution < -0.4 is 0 Å². The molecule has 124 valence electrons. The second-order valence-corrected chi connectivity index (χ2v) is 6.25. The molecule has 0 aliphatic rings. The summed E-state index contributed by atoms with van der Waals surface area (Å²) >= 11 is 1.54. The Morgan fingerprint density at radius 2 is 1.75 bits per heavy atom. The summed E-state index contributed by atoms with van der Waals surface area (Å²) in [6.45, 7) is 1.90. The third kappa shape index (κ3) is 3.19. The van der Waals surface area contributed by atoms with E-state index in [9.17, 15) is 13.2 Å². The minimum Gasteiger partial charge on any atom is -0.289 e. The van der Waals surface area contributed by atoms with Gasteiger partial charge in [-0.3, -0.25) is 4.57 Å². The molecule has 1 heterocycles. The van der Waals surface area contributed by atoms with Crippen LogP contribution in [0.4, 0.5) is 13.2 Å². The van der Waals surface area contributed by atoms with Gasteiger partial charge in [0, 0.05) is 16.1 Å². The van der Waals surface area contributed by atoms with E-state index in [1.165, 1.54) is 22.5 Å². The van der Waals surface area contributed by atoms with E-state index in [4.69, 9.17) is 0 Å². The van der Waals surface area contributed by atoms with Crippen LogP contribution in [0.1, 0.15) is 11.4 Å². The van der Waals surface area contributed by atoms with Gasteiger partial charge in [-0.25, -0.2) is 4.98 Å². The molecule has 0 unspecified atom stereocenters. The second-order valence-electron chi connectivity index (χ2n) is 5.37. The van der Waals surface area contributed by atoms with Crippen LogP contribution >= 0.6 is 11.8 Å². The van der Waals surface area contributed by atoms with Crippen molar-refractivity contribution in [3.8, 4) is 16.9 Å². The van der Waals surface area contributed by atoms with E-state index < -0.39 is 12.0 Å². The van der Waals surface area contributed by atoms with E-state index in [1.807, 2.05) is 31.4 Å². The van der Waals surface area contributed by atoms with Crippen molar-refractivity contribution >= 4 is 11.8 Å². The highest BCUT2D eigenvalue weighted by molar-refractivity contribution is 7.98. The number of benzene rings is 2. The third-order valence-electron chi connectivity index (χ3n) is 3.66. The molecule has 0 fully saturated rings. The molecule has 3 rings (SSSR count). The van der Waals surface area contributed by atoms with Gasteiger partial charge in [-0.15, -0.1) is 11.8 Å². The molecule has 0 radical (unpaired) electrons. The van der Waals surface area contributed by atoms with Crippen LogP contribution in [0.25, 0.3) is 16.9 Å². The van der Waals surface area contributed by atoms with Crippen LogP contribution in [-0.4, -0.2) is 15.8 Å². The summed E-state index contributed by atoms with van der Waals surface area (Å²) in [5, 5.41) is 0. The summed E-state index contributed by atoms with van der Waals surface area (Å²) in [5.74, 6) is -0.920. The van der Waals surface area contributed by atoms with Crippen LogP contribution in [0, 0.1) is 6.92 Å². The lowest BCUT2D eigenvalue weighted by atomic mass is 10.1. The number of halogens is 3. The molecular weight excluding hydrogens is 333 g/mol. The van der Waals surface area contributed by atoms with Crippen molar-refractivity contribution in [3.63, 3.8) is 0 Å². The molecule has 0 spiro atoms. The Labute approximate surface area is 142 Å². The zero-order valence-electron chi connectivity index (χ0n) is 13.1. The summed E-state index contributed by atoms with van der Waals surface area (Å²) in [4.78, 5) is 4.64. The topological polar surface area (TPSA) is 17.8 Å². The smallest absolute Gasteiger partial charge is 0.289 e. The summed E-state index contributed by atoms with van der Waals surface area (Å²) < 4.78 is 41.4. The lowest BCUT2D eigenvalue weighted by Gasteiger charge is -2.14. The third-order valence-corrected chi connectivity index (χ3v) is 4.40. The first kappa shape index (κ1) is 16.6. The summed E-state index contributed by atoms with van der Waals surface area (Å²) in [6.07, 6.45) is -1.33. The van der Waals surface area contributed by atoms with Crippen molar-refractivity contribution < 1.29 is 13.2 Å². The van der Waals surface area contributed by atoms with Crippen LogP contribution in [0.3, 0.4) is 0 Å². The van der Waals surface area contributed by atoms with Crippen molar-refractivity contribution in [1.82, 2.24) is 9.55 Å². The molecule has 0 atom stereocenters. The second kappa shape index (κ2) is 6.36. The normalized spacial score (nSPS) is 11.7. The van der Waals surface area contributed by atoms with Gasteiger partial charge >= 0.3 is 6.18 Å². The van der Waals surface area contributed by atoms with E-state index in [-0.39, 0.29) is 0 Å². The number of aryl methyl sites for hydroxylation is 1. The number of nitrogens with zero attached hydrogens (tertiary/aromatic N) is 2. The fraction of sp³-hybridized carbons (Fsp3) is 0.167. The Morgan fingerprint density at radius 1 is 1.04 bits per heavy atom. The number of imidazole rings is 1. The molecule has 0 saturated heterocycles. The fourth-order valence-electron chi connectivity index (χ4n) is 2.55. The van der Waals surface area contributed by atoms with Gasteiger partial charge in [0.2, 0.25) is 5.82 Å². The van der Waals surface area contributed by atoms with E-state index in [0.29, 0.717) is 16.9 Å². The molecule has 2 nitrogen and oxygen atoms in total. The quantitative estimate of drug-likeness (QED) is 0.574. The predicted molar refractivity (Wildman–Crippen MR) is 90.5 cm³/mol. The minimum absolute atomic E-state index is 0.419. The Hall–Kier alpha value is -2.21. The maximum Gasteiger partial charge on any atom is 0.450 e. The molecule has 0 saturated carbocycles. The predicted octanol–water partition coefficient (Wildman–Crippen LogP) is 5.59. The maximum atomic E-state index is 13.4. The average Bonchev–Trinajstić information content (AvgIpc) is 3.00. The molecule has 0 amide bonds. The van der Waals surface area contributed by atoms with Gasteiger partial charge in [-0.1, -0.05) is 23.8 Å². The van der Waals surface area contributed by atoms with Crippen molar-refractivity contribution in [3.05, 3.63) is 66.1 Å². The van der Waals surface area contributed by atoms with Gasteiger partial charge < -0.3 is 0 Å². The van der Waals surface area contributed by atoms with E-state index in [0.717, 1.165) is 10.5 Å². The Bertz CT molecular complexity index is 851. The minimum atomic E-state index is -4.53. The van der Waals surface area contributed by atoms with Gasteiger partial charge in [0.15, 0.2) is 0 Å². The highest BCUT2D eigenvalue weighted by Gasteiger charge is 2.38. The number of thioether (sulfide) groups is 1. The van der Waals surface area contributed by atoms with Crippen LogP contribution in [0.5, 0.6) is 0 Å². The first-order valence-corrected chi connectivity index (χ1v) is 8.49. The van der Waals surface area contributed by atoms with Crippen molar-refractivity contribution in [2.45, 2.75) is 18.0 Å². The number of hydrogen-bond acceptors (Lipinski definition) is 2. The Morgan fingerprint density at radius 3 is 2.33 bits per heavy atom. The van der Waals surface area contributed by atoms with Crippen LogP contribution in [0.2, 0.25) is 0 Å². The highest BCUT2D eigenvalue weighted by atomic mass is 32.2. The lowest BCUT2D eigenvalue weighted by Crippen LogP contribution is -2.14. The number of rotatable bonds is 3. The van der Waals surface area contributed by atoms with E-state index in [1.54, 1.807) is 30.3 Å². The monoisotopic (exact) mass is 348 g/mol. The fourth-order valence-corrected chi connectivity index (χ4v) is 2.96. The molecule has 24 heavy (non-hydrogen) atoms. The molecule has 6 heteroatoms. The average molecular weight is 348 g/mol. The van der Waals surface area contributed by atoms with Crippen molar-refractivity contribution in [2.75, 3.05) is 6.26 Å². The molecule has 0 bridgehead atoms. The standard InChI is InChI=1S/C18H15F3N2S/c1-12-4-3-5-13(10-12)16-11-22-17(18(19,20)21)23(16)14-6-8-15(24-2)9-7-14/h3-11H,1-2H3. The lowest BCUT2D eigenvalue weighted by molar-refractivity contribution is -0.145. The van der Waals surface area contributed by atoms with E-state index in [2.05, 4.69) is 4.98 Å². The van der Waals surface area contributed by atoms with Crippen molar-refractivity contribution in [1.29, 1.82) is 0 Å². The van der Waals surface area contributed by atoms with Crippen molar-refractivity contribution in [2.24, 2.45) is 0 Å². The zero-order valence-corrected chi connectivity index (χ0v) is 13.9. The first-order chi connectivity index (χ1) is 11.4. The molecule has 1 aromatic heterocycles. The maximum absolute atomic E-state index is 13.4. The number of hydrogen-bond donors (Lipinski definition) is 0. The van der Waals surface area contributed by atoms with Crippen LogP contribution in [0.15, 0.2) is 59.6 Å². The summed E-state index contributed by atoms with van der Waals surface area (Å²) in [7, 11) is 0. The van der Waals surface area contributed by atoms with E-state index >= 15 is 0 Å². The van der Waals surface area contributed by atoms with Gasteiger partial charge in [-0.05, 0) is 43.5 Å². The molecule has 2 aromatic carbocycles. The largest absolute Gasteiger partial charge is 0.450 e. The highest BCUT2D eigenvalue weighted by Crippen LogP contribution is 2.35. The summed E-state index contributed by atoms with van der Waals surface area (Å²) in [5.41, 5.74) is 2.54. The number of alkyl halides is 3. The Balaban J connectivity index is 2.22. The molecule has 0 N–H and O–H groups in total. The van der Waals surface area contributed by atoms with Gasteiger partial charge in [0.05, 0.1) is 11.9 Å². The summed E-state index contributed by atoms with van der Waals surface area (Å²) in [6, 6.07) is 14.3. The zero-order chi connectivity index (χ0) is 17.3. The molecule has 0 aliphatic carbocycles. The molecule has 0 aliphatic heterocycles. The Kier molecular flexibility index (Phi) is 4.41. The molecular formula is C18H15F3N2S. The number of aromatic nitrogens is 2.